The summed E-state index contributed by atoms with van der Waals surface area (Å²) in [6, 6.07) is 0.474. The number of nitrogens with one attached hydrogen (secondary N) is 1. The van der Waals surface area contributed by atoms with Crippen molar-refractivity contribution in [2.75, 3.05) is 19.6 Å². The van der Waals surface area contributed by atoms with Crippen LogP contribution in [0, 0.1) is 5.92 Å². The number of amides is 1. The van der Waals surface area contributed by atoms with Crippen molar-refractivity contribution in [2.24, 2.45) is 5.92 Å². The number of likely N-dealkylation sites (tertiary alicyclic amines) is 1. The van der Waals surface area contributed by atoms with Gasteiger partial charge in [0.2, 0.25) is 5.91 Å². The summed E-state index contributed by atoms with van der Waals surface area (Å²) in [4.78, 5) is 14.3. The standard InChI is InChI=1S/C16H32N2O/c1-4-7-14-9-10-16(19)18(12-11-14)13-15(8-5-2)17-6-3/h14-15,17H,4-13H2,1-3H3. The molecule has 2 atom stereocenters. The largest absolute Gasteiger partial charge is 0.341 e. The molecule has 1 amide bonds. The zero-order valence-corrected chi connectivity index (χ0v) is 13.1. The third kappa shape index (κ3) is 5.94. The second kappa shape index (κ2) is 9.35. The van der Waals surface area contributed by atoms with Gasteiger partial charge in [0.1, 0.15) is 0 Å². The van der Waals surface area contributed by atoms with Crippen molar-refractivity contribution in [1.29, 1.82) is 0 Å². The Bertz CT molecular complexity index is 249. The van der Waals surface area contributed by atoms with E-state index in [9.17, 15) is 4.79 Å². The second-order valence-corrected chi connectivity index (χ2v) is 5.87. The van der Waals surface area contributed by atoms with Crippen LogP contribution in [-0.4, -0.2) is 36.5 Å². The number of carbonyl (C=O) groups excluding carboxylic acids is 1. The van der Waals surface area contributed by atoms with Crippen LogP contribution in [0.25, 0.3) is 0 Å². The Labute approximate surface area is 119 Å². The van der Waals surface area contributed by atoms with Gasteiger partial charge in [-0.3, -0.25) is 4.79 Å². The summed E-state index contributed by atoms with van der Waals surface area (Å²) in [7, 11) is 0. The topological polar surface area (TPSA) is 32.3 Å². The Morgan fingerprint density at radius 2 is 2.05 bits per heavy atom. The second-order valence-electron chi connectivity index (χ2n) is 5.87. The van der Waals surface area contributed by atoms with Crippen molar-refractivity contribution in [2.45, 2.75) is 71.8 Å². The zero-order chi connectivity index (χ0) is 14.1. The van der Waals surface area contributed by atoms with E-state index in [1.54, 1.807) is 0 Å². The lowest BCUT2D eigenvalue weighted by Crippen LogP contribution is -2.43. The van der Waals surface area contributed by atoms with Gasteiger partial charge >= 0.3 is 0 Å². The van der Waals surface area contributed by atoms with Crippen molar-refractivity contribution < 1.29 is 4.79 Å². The molecule has 0 bridgehead atoms. The number of likely N-dealkylation sites (N-methyl/N-ethyl adjacent to an activating group) is 1. The third-order valence-corrected chi connectivity index (χ3v) is 4.19. The fourth-order valence-electron chi connectivity index (χ4n) is 3.14. The summed E-state index contributed by atoms with van der Waals surface area (Å²) in [5.74, 6) is 1.14. The van der Waals surface area contributed by atoms with E-state index in [0.29, 0.717) is 11.9 Å². The monoisotopic (exact) mass is 268 g/mol. The highest BCUT2D eigenvalue weighted by Gasteiger charge is 2.23. The van der Waals surface area contributed by atoms with E-state index >= 15 is 0 Å². The Hall–Kier alpha value is -0.570. The Morgan fingerprint density at radius 1 is 1.26 bits per heavy atom. The summed E-state index contributed by atoms with van der Waals surface area (Å²) >= 11 is 0. The third-order valence-electron chi connectivity index (χ3n) is 4.19. The lowest BCUT2D eigenvalue weighted by atomic mass is 9.96. The molecule has 19 heavy (non-hydrogen) atoms. The van der Waals surface area contributed by atoms with Gasteiger partial charge in [-0.2, -0.15) is 0 Å². The van der Waals surface area contributed by atoms with Gasteiger partial charge in [-0.05, 0) is 31.7 Å². The van der Waals surface area contributed by atoms with Crippen LogP contribution >= 0.6 is 0 Å². The zero-order valence-electron chi connectivity index (χ0n) is 13.1. The quantitative estimate of drug-likeness (QED) is 0.733. The fraction of sp³-hybridized carbons (Fsp3) is 0.938. The first-order valence-electron chi connectivity index (χ1n) is 8.22. The lowest BCUT2D eigenvalue weighted by Gasteiger charge is -2.27. The predicted octanol–water partition coefficient (Wildman–Crippen LogP) is 3.19. The first kappa shape index (κ1) is 16.5. The Morgan fingerprint density at radius 3 is 2.68 bits per heavy atom. The summed E-state index contributed by atoms with van der Waals surface area (Å²) < 4.78 is 0. The maximum atomic E-state index is 12.2. The molecule has 0 aromatic heterocycles. The summed E-state index contributed by atoms with van der Waals surface area (Å²) in [6.07, 6.45) is 7.93. The molecule has 1 saturated heterocycles. The van der Waals surface area contributed by atoms with Gasteiger partial charge < -0.3 is 10.2 Å². The smallest absolute Gasteiger partial charge is 0.222 e. The SMILES string of the molecule is CCCC1CCC(=O)N(CC(CCC)NCC)CC1. The molecule has 0 saturated carbocycles. The molecular formula is C16H32N2O. The molecule has 0 aromatic carbocycles. The van der Waals surface area contributed by atoms with Crippen LogP contribution in [0.1, 0.15) is 65.7 Å². The maximum absolute atomic E-state index is 12.2. The van der Waals surface area contributed by atoms with Crippen LogP contribution in [0.2, 0.25) is 0 Å². The number of carbonyl (C=O) groups is 1. The molecule has 112 valence electrons. The molecule has 1 fully saturated rings. The lowest BCUT2D eigenvalue weighted by molar-refractivity contribution is -0.131. The first-order valence-corrected chi connectivity index (χ1v) is 8.22. The van der Waals surface area contributed by atoms with E-state index in [0.717, 1.165) is 44.8 Å². The Kier molecular flexibility index (Phi) is 8.11. The summed E-state index contributed by atoms with van der Waals surface area (Å²) in [6.45, 7) is 9.46. The van der Waals surface area contributed by atoms with E-state index in [1.165, 1.54) is 25.7 Å². The number of hydrogen-bond donors (Lipinski definition) is 1. The first-order chi connectivity index (χ1) is 9.21. The van der Waals surface area contributed by atoms with Gasteiger partial charge in [0, 0.05) is 25.6 Å². The molecule has 1 N–H and O–H groups in total. The molecule has 0 aromatic rings. The van der Waals surface area contributed by atoms with Gasteiger partial charge in [0.15, 0.2) is 0 Å². The van der Waals surface area contributed by atoms with Crippen LogP contribution in [0.15, 0.2) is 0 Å². The number of hydrogen-bond acceptors (Lipinski definition) is 2. The molecule has 3 heteroatoms. The molecule has 1 rings (SSSR count). The van der Waals surface area contributed by atoms with Crippen LogP contribution in [0.5, 0.6) is 0 Å². The van der Waals surface area contributed by atoms with Gasteiger partial charge in [-0.1, -0.05) is 40.0 Å². The van der Waals surface area contributed by atoms with Crippen molar-refractivity contribution >= 4 is 5.91 Å². The average molecular weight is 268 g/mol. The highest BCUT2D eigenvalue weighted by Crippen LogP contribution is 2.22. The minimum Gasteiger partial charge on any atom is -0.341 e. The molecular weight excluding hydrogens is 236 g/mol. The van der Waals surface area contributed by atoms with Gasteiger partial charge in [0.05, 0.1) is 0 Å². The minimum atomic E-state index is 0.373. The molecule has 3 nitrogen and oxygen atoms in total. The molecule has 0 radical (unpaired) electrons. The van der Waals surface area contributed by atoms with Crippen LogP contribution in [0.4, 0.5) is 0 Å². The van der Waals surface area contributed by atoms with Crippen molar-refractivity contribution in [3.8, 4) is 0 Å². The van der Waals surface area contributed by atoms with E-state index < -0.39 is 0 Å². The molecule has 1 heterocycles. The molecule has 2 unspecified atom stereocenters. The van der Waals surface area contributed by atoms with Gasteiger partial charge in [-0.15, -0.1) is 0 Å². The summed E-state index contributed by atoms with van der Waals surface area (Å²) in [5, 5.41) is 3.51. The van der Waals surface area contributed by atoms with Crippen molar-refractivity contribution in [3.05, 3.63) is 0 Å². The number of nitrogens with zero attached hydrogens (tertiary/aromatic N) is 1. The van der Waals surface area contributed by atoms with Crippen molar-refractivity contribution in [3.63, 3.8) is 0 Å². The molecule has 0 aliphatic carbocycles. The predicted molar refractivity (Wildman–Crippen MR) is 81.2 cm³/mol. The minimum absolute atomic E-state index is 0.373. The molecule has 0 spiro atoms. The van der Waals surface area contributed by atoms with Crippen molar-refractivity contribution in [1.82, 2.24) is 10.2 Å². The molecule has 1 aliphatic heterocycles. The maximum Gasteiger partial charge on any atom is 0.222 e. The highest BCUT2D eigenvalue weighted by molar-refractivity contribution is 5.76. The van der Waals surface area contributed by atoms with E-state index in [-0.39, 0.29) is 0 Å². The van der Waals surface area contributed by atoms with Crippen LogP contribution in [0.3, 0.4) is 0 Å². The normalized spacial score (nSPS) is 22.4. The molecule has 1 aliphatic rings. The van der Waals surface area contributed by atoms with Crippen LogP contribution < -0.4 is 5.32 Å². The van der Waals surface area contributed by atoms with Crippen LogP contribution in [-0.2, 0) is 4.79 Å². The van der Waals surface area contributed by atoms with Gasteiger partial charge in [-0.25, -0.2) is 0 Å². The fourth-order valence-corrected chi connectivity index (χ4v) is 3.14. The Balaban J connectivity index is 2.48. The number of rotatable bonds is 8. The van der Waals surface area contributed by atoms with E-state index in [2.05, 4.69) is 31.0 Å². The van der Waals surface area contributed by atoms with Gasteiger partial charge in [0.25, 0.3) is 0 Å². The van der Waals surface area contributed by atoms with E-state index in [4.69, 9.17) is 0 Å². The summed E-state index contributed by atoms with van der Waals surface area (Å²) in [5.41, 5.74) is 0. The highest BCUT2D eigenvalue weighted by atomic mass is 16.2. The van der Waals surface area contributed by atoms with E-state index in [1.807, 2.05) is 0 Å². The average Bonchev–Trinajstić information content (AvgIpc) is 2.55.